The first-order chi connectivity index (χ1) is 8.69. The van der Waals surface area contributed by atoms with Crippen LogP contribution in [-0.2, 0) is 0 Å². The van der Waals surface area contributed by atoms with E-state index in [1.807, 2.05) is 20.8 Å². The van der Waals surface area contributed by atoms with Gasteiger partial charge in [0.2, 0.25) is 0 Å². The van der Waals surface area contributed by atoms with Crippen molar-refractivity contribution in [2.45, 2.75) is 20.8 Å². The topological polar surface area (TPSA) is 78.4 Å². The van der Waals surface area contributed by atoms with Crippen LogP contribution in [0.1, 0.15) is 31.1 Å². The molecule has 19 heavy (non-hydrogen) atoms. The molecule has 2 amide bonds. The fraction of sp³-hybridized carbons (Fsp3) is 0.385. The number of carboxylic acids is 1. The van der Waals surface area contributed by atoms with E-state index < -0.39 is 5.97 Å². The van der Waals surface area contributed by atoms with Crippen LogP contribution in [0.4, 0.5) is 10.5 Å². The Bertz CT molecular complexity index is 495. The molecular formula is C13H17ClN2O3. The number of hydrogen-bond donors (Lipinski definition) is 3. The van der Waals surface area contributed by atoms with Crippen LogP contribution < -0.4 is 10.6 Å². The highest BCUT2D eigenvalue weighted by atomic mass is 35.5. The van der Waals surface area contributed by atoms with E-state index in [2.05, 4.69) is 10.6 Å². The molecule has 0 aromatic heterocycles. The van der Waals surface area contributed by atoms with Gasteiger partial charge in [-0.05, 0) is 23.6 Å². The van der Waals surface area contributed by atoms with Gasteiger partial charge in [-0.2, -0.15) is 0 Å². The zero-order valence-electron chi connectivity index (χ0n) is 11.1. The minimum absolute atomic E-state index is 0.00214. The quantitative estimate of drug-likeness (QED) is 0.797. The van der Waals surface area contributed by atoms with Crippen molar-refractivity contribution < 1.29 is 14.7 Å². The third kappa shape index (κ3) is 5.18. The maximum atomic E-state index is 11.6. The molecule has 0 aliphatic rings. The molecular weight excluding hydrogens is 268 g/mol. The number of hydrogen-bond acceptors (Lipinski definition) is 2. The molecule has 1 rings (SSSR count). The van der Waals surface area contributed by atoms with E-state index in [1.165, 1.54) is 18.2 Å². The van der Waals surface area contributed by atoms with E-state index in [0.29, 0.717) is 12.2 Å². The highest BCUT2D eigenvalue weighted by molar-refractivity contribution is 6.33. The van der Waals surface area contributed by atoms with E-state index in [9.17, 15) is 9.59 Å². The van der Waals surface area contributed by atoms with Crippen molar-refractivity contribution in [1.82, 2.24) is 5.32 Å². The molecule has 0 saturated heterocycles. The zero-order chi connectivity index (χ0) is 14.6. The van der Waals surface area contributed by atoms with E-state index in [-0.39, 0.29) is 22.0 Å². The van der Waals surface area contributed by atoms with Gasteiger partial charge in [-0.15, -0.1) is 0 Å². The lowest BCUT2D eigenvalue weighted by atomic mass is 9.97. The molecule has 6 heteroatoms. The molecule has 104 valence electrons. The van der Waals surface area contributed by atoms with E-state index in [4.69, 9.17) is 16.7 Å². The Kier molecular flexibility index (Phi) is 4.78. The molecule has 0 spiro atoms. The third-order valence-electron chi connectivity index (χ3n) is 2.24. The van der Waals surface area contributed by atoms with Crippen molar-refractivity contribution in [3.63, 3.8) is 0 Å². The van der Waals surface area contributed by atoms with Gasteiger partial charge in [0.05, 0.1) is 10.6 Å². The summed E-state index contributed by atoms with van der Waals surface area (Å²) in [5, 5.41) is 14.2. The molecule has 1 aromatic carbocycles. The van der Waals surface area contributed by atoms with Crippen molar-refractivity contribution in [3.05, 3.63) is 28.8 Å². The van der Waals surface area contributed by atoms with Crippen LogP contribution in [0.3, 0.4) is 0 Å². The predicted molar refractivity (Wildman–Crippen MR) is 74.9 cm³/mol. The van der Waals surface area contributed by atoms with Gasteiger partial charge in [-0.25, -0.2) is 9.59 Å². The van der Waals surface area contributed by atoms with Gasteiger partial charge in [0.25, 0.3) is 0 Å². The summed E-state index contributed by atoms with van der Waals surface area (Å²) in [5.41, 5.74) is 0.436. The average molecular weight is 285 g/mol. The minimum atomic E-state index is -1.10. The van der Waals surface area contributed by atoms with Crippen LogP contribution in [0.15, 0.2) is 18.2 Å². The summed E-state index contributed by atoms with van der Waals surface area (Å²) in [4.78, 5) is 22.4. The second-order valence-corrected chi connectivity index (χ2v) is 5.78. The molecule has 0 atom stereocenters. The maximum Gasteiger partial charge on any atom is 0.337 e. The number of carbonyl (C=O) groups excluding carboxylic acids is 1. The van der Waals surface area contributed by atoms with Crippen LogP contribution in [0.5, 0.6) is 0 Å². The lowest BCUT2D eigenvalue weighted by Crippen LogP contribution is -2.35. The van der Waals surface area contributed by atoms with Crippen LogP contribution in [-0.4, -0.2) is 23.7 Å². The fourth-order valence-electron chi connectivity index (χ4n) is 1.29. The Morgan fingerprint density at radius 3 is 2.42 bits per heavy atom. The van der Waals surface area contributed by atoms with E-state index in [1.54, 1.807) is 0 Å². The Hall–Kier alpha value is -1.75. The van der Waals surface area contributed by atoms with Crippen LogP contribution in [0, 0.1) is 5.41 Å². The highest BCUT2D eigenvalue weighted by Crippen LogP contribution is 2.21. The second kappa shape index (κ2) is 5.93. The number of anilines is 1. The van der Waals surface area contributed by atoms with Crippen LogP contribution in [0.25, 0.3) is 0 Å². The van der Waals surface area contributed by atoms with Crippen LogP contribution >= 0.6 is 11.6 Å². The maximum absolute atomic E-state index is 11.6. The van der Waals surface area contributed by atoms with E-state index >= 15 is 0 Å². The number of halogens is 1. The smallest absolute Gasteiger partial charge is 0.337 e. The molecule has 1 aromatic rings. The average Bonchev–Trinajstić information content (AvgIpc) is 2.25. The summed E-state index contributed by atoms with van der Waals surface area (Å²) in [5.74, 6) is -1.10. The van der Waals surface area contributed by atoms with Gasteiger partial charge >= 0.3 is 12.0 Å². The molecule has 0 fully saturated rings. The van der Waals surface area contributed by atoms with Gasteiger partial charge in [-0.1, -0.05) is 32.4 Å². The first-order valence-electron chi connectivity index (χ1n) is 5.77. The zero-order valence-corrected chi connectivity index (χ0v) is 11.8. The molecule has 0 unspecified atom stereocenters. The molecule has 0 aliphatic heterocycles. The van der Waals surface area contributed by atoms with Crippen molar-refractivity contribution in [3.8, 4) is 0 Å². The number of carboxylic acid groups (broad SMARTS) is 1. The standard InChI is InChI=1S/C13H17ClN2O3/c1-13(2,3)7-15-12(19)16-8-4-5-9(11(17)18)10(14)6-8/h4-6H,7H2,1-3H3,(H,17,18)(H2,15,16,19). The normalized spacial score (nSPS) is 10.9. The first kappa shape index (κ1) is 15.3. The summed E-state index contributed by atoms with van der Waals surface area (Å²) in [6, 6.07) is 3.90. The molecule has 0 heterocycles. The minimum Gasteiger partial charge on any atom is -0.478 e. The SMILES string of the molecule is CC(C)(C)CNC(=O)Nc1ccc(C(=O)O)c(Cl)c1. The number of benzene rings is 1. The monoisotopic (exact) mass is 284 g/mol. The van der Waals surface area contributed by atoms with Crippen LogP contribution in [0.2, 0.25) is 5.02 Å². The Morgan fingerprint density at radius 2 is 1.95 bits per heavy atom. The third-order valence-corrected chi connectivity index (χ3v) is 2.55. The lowest BCUT2D eigenvalue weighted by Gasteiger charge is -2.19. The van der Waals surface area contributed by atoms with Gasteiger partial charge in [0.1, 0.15) is 0 Å². The predicted octanol–water partition coefficient (Wildman–Crippen LogP) is 3.21. The van der Waals surface area contributed by atoms with Gasteiger partial charge in [0, 0.05) is 12.2 Å². The first-order valence-corrected chi connectivity index (χ1v) is 6.14. The molecule has 3 N–H and O–H groups in total. The largest absolute Gasteiger partial charge is 0.478 e. The van der Waals surface area contributed by atoms with Gasteiger partial charge in [-0.3, -0.25) is 0 Å². The summed E-state index contributed by atoms with van der Waals surface area (Å²) in [6.07, 6.45) is 0. The van der Waals surface area contributed by atoms with Gasteiger partial charge in [0.15, 0.2) is 0 Å². The van der Waals surface area contributed by atoms with Crippen molar-refractivity contribution in [2.75, 3.05) is 11.9 Å². The highest BCUT2D eigenvalue weighted by Gasteiger charge is 2.13. The number of rotatable bonds is 3. The summed E-state index contributed by atoms with van der Waals surface area (Å²) in [6.45, 7) is 6.54. The summed E-state index contributed by atoms with van der Waals surface area (Å²) in [7, 11) is 0. The molecule has 0 aliphatic carbocycles. The number of carbonyl (C=O) groups is 2. The summed E-state index contributed by atoms with van der Waals surface area (Å²) < 4.78 is 0. The fourth-order valence-corrected chi connectivity index (χ4v) is 1.55. The second-order valence-electron chi connectivity index (χ2n) is 5.37. The Morgan fingerprint density at radius 1 is 1.32 bits per heavy atom. The van der Waals surface area contributed by atoms with Crippen molar-refractivity contribution >= 4 is 29.3 Å². The lowest BCUT2D eigenvalue weighted by molar-refractivity contribution is 0.0697. The number of urea groups is 1. The number of nitrogens with one attached hydrogen (secondary N) is 2. The summed E-state index contributed by atoms with van der Waals surface area (Å²) >= 11 is 5.80. The molecule has 5 nitrogen and oxygen atoms in total. The Labute approximate surface area is 117 Å². The Balaban J connectivity index is 2.65. The van der Waals surface area contributed by atoms with Crippen molar-refractivity contribution in [1.29, 1.82) is 0 Å². The number of aromatic carboxylic acids is 1. The number of amides is 2. The van der Waals surface area contributed by atoms with E-state index in [0.717, 1.165) is 0 Å². The molecule has 0 saturated carbocycles. The van der Waals surface area contributed by atoms with Crippen molar-refractivity contribution in [2.24, 2.45) is 5.41 Å². The van der Waals surface area contributed by atoms with Gasteiger partial charge < -0.3 is 15.7 Å². The molecule has 0 radical (unpaired) electrons. The molecule has 0 bridgehead atoms.